The van der Waals surface area contributed by atoms with E-state index in [1.165, 1.54) is 0 Å². The molecule has 130 valence electrons. The Balaban J connectivity index is 1.77. The molecule has 0 saturated heterocycles. The summed E-state index contributed by atoms with van der Waals surface area (Å²) in [4.78, 5) is 17.1. The summed E-state index contributed by atoms with van der Waals surface area (Å²) in [6.45, 7) is 6.30. The third-order valence-corrected chi connectivity index (χ3v) is 4.20. The molecular weight excluding hydrogens is 314 g/mol. The van der Waals surface area contributed by atoms with Gasteiger partial charge in [0.2, 0.25) is 0 Å². The van der Waals surface area contributed by atoms with E-state index in [0.29, 0.717) is 17.8 Å². The van der Waals surface area contributed by atoms with Crippen LogP contribution in [-0.2, 0) is 0 Å². The van der Waals surface area contributed by atoms with Gasteiger partial charge in [0.05, 0.1) is 17.5 Å². The number of benzene rings is 1. The largest absolute Gasteiger partial charge is 0.350 e. The molecule has 2 heterocycles. The van der Waals surface area contributed by atoms with Crippen LogP contribution in [0.25, 0.3) is 11.0 Å². The molecule has 25 heavy (non-hydrogen) atoms. The molecule has 0 aliphatic heterocycles. The summed E-state index contributed by atoms with van der Waals surface area (Å²) in [6.07, 6.45) is 1.74. The zero-order valence-corrected chi connectivity index (χ0v) is 14.7. The molecule has 1 amide bonds. The Kier molecular flexibility index (Phi) is 4.81. The van der Waals surface area contributed by atoms with Crippen molar-refractivity contribution in [3.05, 3.63) is 59.4 Å². The van der Waals surface area contributed by atoms with Crippen LogP contribution in [0.15, 0.2) is 42.6 Å². The summed E-state index contributed by atoms with van der Waals surface area (Å²) in [5, 5.41) is 8.11. The normalized spacial score (nSPS) is 12.5. The van der Waals surface area contributed by atoms with Gasteiger partial charge in [-0.3, -0.25) is 4.79 Å². The van der Waals surface area contributed by atoms with Gasteiger partial charge in [-0.2, -0.15) is 5.10 Å². The summed E-state index contributed by atoms with van der Waals surface area (Å²) < 4.78 is 1.86. The smallest absolute Gasteiger partial charge is 0.253 e. The van der Waals surface area contributed by atoms with Gasteiger partial charge in [0, 0.05) is 24.0 Å². The SMILES string of the molecule is Cc1nc2c(cnn2C(C)C)cc1C(=O)NCC(N)c1ccccc1. The standard InChI is InChI=1S/C19H23N5O/c1-12(2)24-18-15(10-22-24)9-16(13(3)23-18)19(25)21-11-17(20)14-7-5-4-6-8-14/h4-10,12,17H,11,20H2,1-3H3,(H,21,25). The van der Waals surface area contributed by atoms with Crippen molar-refractivity contribution in [2.45, 2.75) is 32.9 Å². The maximum Gasteiger partial charge on any atom is 0.253 e. The molecule has 0 fully saturated rings. The average Bonchev–Trinajstić information content (AvgIpc) is 3.02. The second-order valence-electron chi connectivity index (χ2n) is 6.44. The Labute approximate surface area is 147 Å². The Bertz CT molecular complexity index is 885. The van der Waals surface area contributed by atoms with Crippen molar-refractivity contribution >= 4 is 16.9 Å². The maximum atomic E-state index is 12.6. The number of pyridine rings is 1. The van der Waals surface area contributed by atoms with E-state index in [2.05, 4.69) is 29.2 Å². The molecule has 1 atom stereocenters. The maximum absolute atomic E-state index is 12.6. The highest BCUT2D eigenvalue weighted by atomic mass is 16.1. The fourth-order valence-electron chi connectivity index (χ4n) is 2.79. The molecule has 0 saturated carbocycles. The van der Waals surface area contributed by atoms with E-state index in [1.54, 1.807) is 6.20 Å². The monoisotopic (exact) mass is 337 g/mol. The Morgan fingerprint density at radius 3 is 2.68 bits per heavy atom. The van der Waals surface area contributed by atoms with Crippen molar-refractivity contribution in [1.29, 1.82) is 0 Å². The van der Waals surface area contributed by atoms with Gasteiger partial charge in [-0.25, -0.2) is 9.67 Å². The van der Waals surface area contributed by atoms with Gasteiger partial charge < -0.3 is 11.1 Å². The fraction of sp³-hybridized carbons (Fsp3) is 0.316. The van der Waals surface area contributed by atoms with Crippen LogP contribution in [0, 0.1) is 6.92 Å². The van der Waals surface area contributed by atoms with Gasteiger partial charge in [-0.15, -0.1) is 0 Å². The van der Waals surface area contributed by atoms with Gasteiger partial charge >= 0.3 is 0 Å². The third kappa shape index (κ3) is 3.53. The molecule has 0 bridgehead atoms. The van der Waals surface area contributed by atoms with E-state index in [4.69, 9.17) is 5.73 Å². The molecule has 0 spiro atoms. The van der Waals surface area contributed by atoms with E-state index >= 15 is 0 Å². The number of hydrogen-bond acceptors (Lipinski definition) is 4. The summed E-state index contributed by atoms with van der Waals surface area (Å²) in [6, 6.07) is 11.5. The van der Waals surface area contributed by atoms with Crippen LogP contribution in [0.1, 0.15) is 47.5 Å². The van der Waals surface area contributed by atoms with Gasteiger partial charge in [-0.05, 0) is 32.4 Å². The quantitative estimate of drug-likeness (QED) is 0.749. The number of carbonyl (C=O) groups excluding carboxylic acids is 1. The molecule has 3 aromatic rings. The van der Waals surface area contributed by atoms with Crippen molar-refractivity contribution in [3.8, 4) is 0 Å². The number of amides is 1. The Morgan fingerprint density at radius 1 is 1.28 bits per heavy atom. The van der Waals surface area contributed by atoms with Gasteiger partial charge in [0.1, 0.15) is 0 Å². The lowest BCUT2D eigenvalue weighted by Gasteiger charge is -2.14. The number of hydrogen-bond donors (Lipinski definition) is 2. The molecular formula is C19H23N5O. The first kappa shape index (κ1) is 17.1. The first-order valence-corrected chi connectivity index (χ1v) is 8.41. The number of carbonyl (C=O) groups is 1. The predicted molar refractivity (Wildman–Crippen MR) is 98.4 cm³/mol. The molecule has 1 unspecified atom stereocenters. The van der Waals surface area contributed by atoms with Crippen molar-refractivity contribution in [2.75, 3.05) is 6.54 Å². The van der Waals surface area contributed by atoms with Crippen LogP contribution in [-0.4, -0.2) is 27.2 Å². The number of nitrogens with two attached hydrogens (primary N) is 1. The Hall–Kier alpha value is -2.73. The van der Waals surface area contributed by atoms with Crippen molar-refractivity contribution in [3.63, 3.8) is 0 Å². The summed E-state index contributed by atoms with van der Waals surface area (Å²) in [7, 11) is 0. The second kappa shape index (κ2) is 7.03. The highest BCUT2D eigenvalue weighted by Crippen LogP contribution is 2.19. The molecule has 3 N–H and O–H groups in total. The zero-order chi connectivity index (χ0) is 18.0. The topological polar surface area (TPSA) is 85.8 Å². The third-order valence-electron chi connectivity index (χ3n) is 4.20. The van der Waals surface area contributed by atoms with E-state index in [-0.39, 0.29) is 18.0 Å². The second-order valence-corrected chi connectivity index (χ2v) is 6.44. The average molecular weight is 337 g/mol. The number of nitrogens with zero attached hydrogens (tertiary/aromatic N) is 3. The van der Waals surface area contributed by atoms with Crippen molar-refractivity contribution in [1.82, 2.24) is 20.1 Å². The molecule has 6 nitrogen and oxygen atoms in total. The molecule has 0 aliphatic carbocycles. The van der Waals surface area contributed by atoms with Crippen molar-refractivity contribution in [2.24, 2.45) is 5.73 Å². The highest BCUT2D eigenvalue weighted by Gasteiger charge is 2.16. The number of aromatic nitrogens is 3. The van der Waals surface area contributed by atoms with Gasteiger partial charge in [0.25, 0.3) is 5.91 Å². The number of fused-ring (bicyclic) bond motifs is 1. The molecule has 6 heteroatoms. The van der Waals surface area contributed by atoms with E-state index in [1.807, 2.05) is 48.0 Å². The lowest BCUT2D eigenvalue weighted by molar-refractivity contribution is 0.0950. The molecule has 3 rings (SSSR count). The van der Waals surface area contributed by atoms with Gasteiger partial charge in [-0.1, -0.05) is 30.3 Å². The summed E-state index contributed by atoms with van der Waals surface area (Å²) in [5.74, 6) is -0.171. The first-order valence-electron chi connectivity index (χ1n) is 8.41. The first-order chi connectivity index (χ1) is 12.0. The number of rotatable bonds is 5. The molecule has 2 aromatic heterocycles. The van der Waals surface area contributed by atoms with Crippen LogP contribution in [0.5, 0.6) is 0 Å². The zero-order valence-electron chi connectivity index (χ0n) is 14.7. The number of nitrogens with one attached hydrogen (secondary N) is 1. The van der Waals surface area contributed by atoms with Crippen molar-refractivity contribution < 1.29 is 4.79 Å². The van der Waals surface area contributed by atoms with E-state index in [0.717, 1.165) is 16.6 Å². The minimum Gasteiger partial charge on any atom is -0.350 e. The lowest BCUT2D eigenvalue weighted by Crippen LogP contribution is -2.32. The highest BCUT2D eigenvalue weighted by molar-refractivity contribution is 5.98. The van der Waals surface area contributed by atoms with Crippen LogP contribution in [0.2, 0.25) is 0 Å². The fourth-order valence-corrected chi connectivity index (χ4v) is 2.79. The minimum absolute atomic E-state index is 0.171. The lowest BCUT2D eigenvalue weighted by atomic mass is 10.1. The van der Waals surface area contributed by atoms with E-state index < -0.39 is 0 Å². The van der Waals surface area contributed by atoms with Crippen LogP contribution >= 0.6 is 0 Å². The summed E-state index contributed by atoms with van der Waals surface area (Å²) in [5.41, 5.74) is 9.16. The number of aryl methyl sites for hydroxylation is 1. The predicted octanol–water partition coefficient (Wildman–Crippen LogP) is 2.75. The van der Waals surface area contributed by atoms with Gasteiger partial charge in [0.15, 0.2) is 5.65 Å². The van der Waals surface area contributed by atoms with Crippen LogP contribution in [0.4, 0.5) is 0 Å². The van der Waals surface area contributed by atoms with Crippen LogP contribution in [0.3, 0.4) is 0 Å². The molecule has 1 aromatic carbocycles. The van der Waals surface area contributed by atoms with Crippen LogP contribution < -0.4 is 11.1 Å². The van der Waals surface area contributed by atoms with E-state index in [9.17, 15) is 4.79 Å². The molecule has 0 radical (unpaired) electrons. The molecule has 0 aliphatic rings. The summed E-state index contributed by atoms with van der Waals surface area (Å²) >= 11 is 0. The Morgan fingerprint density at radius 2 is 2.00 bits per heavy atom. The minimum atomic E-state index is -0.245.